The Balaban J connectivity index is 1.71. The highest BCUT2D eigenvalue weighted by molar-refractivity contribution is 6.37. The number of halogens is 2. The van der Waals surface area contributed by atoms with E-state index in [1.807, 2.05) is 11.1 Å². The van der Waals surface area contributed by atoms with E-state index < -0.39 is 16.9 Å². The molecule has 32 heavy (non-hydrogen) atoms. The minimum absolute atomic E-state index is 0.0561. The van der Waals surface area contributed by atoms with Crippen molar-refractivity contribution in [3.63, 3.8) is 0 Å². The lowest BCUT2D eigenvalue weighted by Crippen LogP contribution is -2.33. The van der Waals surface area contributed by atoms with Crippen molar-refractivity contribution in [3.05, 3.63) is 83.5 Å². The van der Waals surface area contributed by atoms with Crippen LogP contribution >= 0.6 is 23.2 Å². The molecule has 0 aliphatic heterocycles. The van der Waals surface area contributed by atoms with Crippen molar-refractivity contribution >= 4 is 28.9 Å². The van der Waals surface area contributed by atoms with Crippen molar-refractivity contribution in [2.75, 3.05) is 0 Å². The number of nitrogens with zero attached hydrogens (tertiary/aromatic N) is 4. The Kier molecular flexibility index (Phi) is 5.99. The third-order valence-electron chi connectivity index (χ3n) is 4.84. The zero-order chi connectivity index (χ0) is 22.8. The van der Waals surface area contributed by atoms with Crippen molar-refractivity contribution in [2.45, 2.75) is 25.7 Å². The number of nitrogens with one attached hydrogen (secondary N) is 1. The lowest BCUT2D eigenvalue weighted by Gasteiger charge is -2.17. The maximum atomic E-state index is 12.3. The standard InChI is InChI=1S/C21H15Cl2N5O4/c22-15-8-13(28-21(31)25-20(30)17(10-24)26-28)9-16(23)19(15)32-14-6-7-18(29)27(11-14)12-4-2-1-3-5-12/h4,6-9,11H,1-3,5H2,(H,25,30,31). The number of benzene rings is 1. The summed E-state index contributed by atoms with van der Waals surface area (Å²) in [6, 6.07) is 7.23. The highest BCUT2D eigenvalue weighted by Crippen LogP contribution is 2.38. The van der Waals surface area contributed by atoms with Gasteiger partial charge in [0, 0.05) is 11.8 Å². The van der Waals surface area contributed by atoms with Gasteiger partial charge in [0.1, 0.15) is 11.8 Å². The van der Waals surface area contributed by atoms with E-state index in [9.17, 15) is 14.4 Å². The monoisotopic (exact) mass is 471 g/mol. The Labute approximate surface area is 190 Å². The summed E-state index contributed by atoms with van der Waals surface area (Å²) in [7, 11) is 0. The number of hydrogen-bond donors (Lipinski definition) is 1. The fourth-order valence-corrected chi connectivity index (χ4v) is 3.88. The molecule has 1 aromatic carbocycles. The van der Waals surface area contributed by atoms with Crippen LogP contribution in [0.2, 0.25) is 10.0 Å². The molecule has 4 rings (SSSR count). The molecule has 162 valence electrons. The van der Waals surface area contributed by atoms with E-state index in [0.29, 0.717) is 5.75 Å². The van der Waals surface area contributed by atoms with Crippen LogP contribution in [0, 0.1) is 11.3 Å². The van der Waals surface area contributed by atoms with Gasteiger partial charge in [0.05, 0.1) is 21.9 Å². The molecule has 3 aromatic rings. The van der Waals surface area contributed by atoms with Crippen LogP contribution in [0.15, 0.2) is 50.9 Å². The van der Waals surface area contributed by atoms with Gasteiger partial charge < -0.3 is 4.74 Å². The zero-order valence-electron chi connectivity index (χ0n) is 16.5. The number of ether oxygens (including phenoxy) is 1. The fourth-order valence-electron chi connectivity index (χ4n) is 3.32. The first-order valence-corrected chi connectivity index (χ1v) is 10.4. The summed E-state index contributed by atoms with van der Waals surface area (Å²) in [5, 5.41) is 12.8. The normalized spacial score (nSPS) is 13.3. The molecule has 0 saturated heterocycles. The van der Waals surface area contributed by atoms with Crippen molar-refractivity contribution in [2.24, 2.45) is 0 Å². The summed E-state index contributed by atoms with van der Waals surface area (Å²) in [4.78, 5) is 38.0. The van der Waals surface area contributed by atoms with Crippen LogP contribution < -0.4 is 21.5 Å². The van der Waals surface area contributed by atoms with Crippen molar-refractivity contribution in [3.8, 4) is 23.3 Å². The molecule has 0 spiro atoms. The summed E-state index contributed by atoms with van der Waals surface area (Å²) in [6.45, 7) is 0. The molecule has 1 aliphatic carbocycles. The van der Waals surface area contributed by atoms with Gasteiger partial charge in [-0.15, -0.1) is 5.10 Å². The quantitative estimate of drug-likeness (QED) is 0.621. The van der Waals surface area contributed by atoms with Crippen LogP contribution in [0.25, 0.3) is 11.4 Å². The van der Waals surface area contributed by atoms with Crippen molar-refractivity contribution < 1.29 is 4.74 Å². The van der Waals surface area contributed by atoms with Gasteiger partial charge in [-0.25, -0.2) is 4.79 Å². The molecule has 0 fully saturated rings. The minimum Gasteiger partial charge on any atom is -0.453 e. The molecule has 1 aliphatic rings. The number of pyridine rings is 1. The van der Waals surface area contributed by atoms with Crippen LogP contribution in [0.4, 0.5) is 0 Å². The Morgan fingerprint density at radius 3 is 2.53 bits per heavy atom. The zero-order valence-corrected chi connectivity index (χ0v) is 18.0. The first-order valence-electron chi connectivity index (χ1n) is 9.60. The van der Waals surface area contributed by atoms with Gasteiger partial charge in [-0.05, 0) is 43.9 Å². The summed E-state index contributed by atoms with van der Waals surface area (Å²) in [5.41, 5.74) is -1.37. The SMILES string of the molecule is N#Cc1nn(-c2cc(Cl)c(Oc3ccc(=O)n(C4=CCCCC4)c3)c(Cl)c2)c(=O)[nH]c1=O. The predicted molar refractivity (Wildman–Crippen MR) is 119 cm³/mol. The summed E-state index contributed by atoms with van der Waals surface area (Å²) >= 11 is 12.7. The number of allylic oxidation sites excluding steroid dienone is 2. The third-order valence-corrected chi connectivity index (χ3v) is 5.40. The molecule has 0 saturated carbocycles. The van der Waals surface area contributed by atoms with Crippen LogP contribution in [0.5, 0.6) is 11.5 Å². The number of H-pyrrole nitrogens is 1. The first-order chi connectivity index (χ1) is 15.4. The van der Waals surface area contributed by atoms with Gasteiger partial charge in [-0.1, -0.05) is 29.3 Å². The van der Waals surface area contributed by atoms with Gasteiger partial charge in [-0.2, -0.15) is 9.94 Å². The molecule has 0 bridgehead atoms. The van der Waals surface area contributed by atoms with E-state index in [1.54, 1.807) is 12.3 Å². The minimum atomic E-state index is -0.894. The largest absolute Gasteiger partial charge is 0.453 e. The van der Waals surface area contributed by atoms with Crippen LogP contribution in [0.3, 0.4) is 0 Å². The maximum Gasteiger partial charge on any atom is 0.349 e. The van der Waals surface area contributed by atoms with Gasteiger partial charge in [0.15, 0.2) is 5.75 Å². The molecule has 0 unspecified atom stereocenters. The van der Waals surface area contributed by atoms with Crippen molar-refractivity contribution in [1.29, 1.82) is 5.26 Å². The molecule has 0 amide bonds. The van der Waals surface area contributed by atoms with E-state index in [-0.39, 0.29) is 27.0 Å². The third kappa shape index (κ3) is 4.23. The van der Waals surface area contributed by atoms with E-state index in [2.05, 4.69) is 5.10 Å². The lowest BCUT2D eigenvalue weighted by molar-refractivity contribution is 0.478. The van der Waals surface area contributed by atoms with Crippen LogP contribution in [-0.4, -0.2) is 19.3 Å². The van der Waals surface area contributed by atoms with E-state index >= 15 is 0 Å². The predicted octanol–water partition coefficient (Wildman–Crippen LogP) is 3.47. The van der Waals surface area contributed by atoms with Crippen LogP contribution in [0.1, 0.15) is 31.4 Å². The second-order valence-electron chi connectivity index (χ2n) is 6.99. The Morgan fingerprint density at radius 2 is 1.88 bits per heavy atom. The molecule has 0 radical (unpaired) electrons. The molecule has 9 nitrogen and oxygen atoms in total. The average molecular weight is 472 g/mol. The highest BCUT2D eigenvalue weighted by atomic mass is 35.5. The molecule has 2 aromatic heterocycles. The number of aromatic nitrogens is 4. The Morgan fingerprint density at radius 1 is 1.12 bits per heavy atom. The lowest BCUT2D eigenvalue weighted by atomic mass is 10.0. The Bertz CT molecular complexity index is 1440. The second-order valence-corrected chi connectivity index (χ2v) is 7.80. The molecule has 2 heterocycles. The Hall–Kier alpha value is -3.61. The summed E-state index contributed by atoms with van der Waals surface area (Å²) in [6.07, 6.45) is 7.42. The molecule has 11 heteroatoms. The summed E-state index contributed by atoms with van der Waals surface area (Å²) in [5.74, 6) is 0.455. The smallest absolute Gasteiger partial charge is 0.349 e. The van der Waals surface area contributed by atoms with Crippen molar-refractivity contribution in [1.82, 2.24) is 19.3 Å². The topological polar surface area (TPSA) is 123 Å². The molecular weight excluding hydrogens is 457 g/mol. The first kappa shape index (κ1) is 21.6. The van der Waals surface area contributed by atoms with E-state index in [1.165, 1.54) is 28.8 Å². The van der Waals surface area contributed by atoms with Gasteiger partial charge in [-0.3, -0.25) is 19.1 Å². The fraction of sp³-hybridized carbons (Fsp3) is 0.190. The number of nitriles is 1. The van der Waals surface area contributed by atoms with E-state index in [0.717, 1.165) is 36.1 Å². The second kappa shape index (κ2) is 8.86. The highest BCUT2D eigenvalue weighted by Gasteiger charge is 2.16. The maximum absolute atomic E-state index is 12.3. The number of aromatic amines is 1. The van der Waals surface area contributed by atoms with Gasteiger partial charge in [0.2, 0.25) is 5.69 Å². The summed E-state index contributed by atoms with van der Waals surface area (Å²) < 4.78 is 8.19. The number of hydrogen-bond acceptors (Lipinski definition) is 6. The van der Waals surface area contributed by atoms with Gasteiger partial charge >= 0.3 is 5.69 Å². The molecular formula is C21H15Cl2N5O4. The molecule has 1 N–H and O–H groups in total. The van der Waals surface area contributed by atoms with Gasteiger partial charge in [0.25, 0.3) is 11.1 Å². The average Bonchev–Trinajstić information content (AvgIpc) is 2.78. The molecule has 0 atom stereocenters. The van der Waals surface area contributed by atoms with E-state index in [4.69, 9.17) is 33.2 Å². The number of rotatable bonds is 4. The van der Waals surface area contributed by atoms with Crippen LogP contribution in [-0.2, 0) is 0 Å².